The Kier molecular flexibility index (Phi) is 9.19. The number of fused-ring (bicyclic) bond motifs is 1. The predicted octanol–water partition coefficient (Wildman–Crippen LogP) is 6.60. The molecule has 2 amide bonds. The SMILES string of the molecule is CCOc1cc(C=NNC(=O)CC(=O)Nc2ccc(Cl)c(Cl)c2)ccc1OCc1cccc2ccccc12. The number of hydrogen-bond acceptors (Lipinski definition) is 5. The summed E-state index contributed by atoms with van der Waals surface area (Å²) in [7, 11) is 0. The Balaban J connectivity index is 1.34. The lowest BCUT2D eigenvalue weighted by Gasteiger charge is -2.13. The average molecular weight is 550 g/mol. The van der Waals surface area contributed by atoms with Gasteiger partial charge in [0.1, 0.15) is 13.0 Å². The van der Waals surface area contributed by atoms with Crippen LogP contribution in [0.25, 0.3) is 10.8 Å². The number of halogens is 2. The molecule has 7 nitrogen and oxygen atoms in total. The molecule has 0 atom stereocenters. The number of benzene rings is 4. The number of carbonyl (C=O) groups is 2. The topological polar surface area (TPSA) is 89.0 Å². The summed E-state index contributed by atoms with van der Waals surface area (Å²) in [5.41, 5.74) is 4.54. The van der Waals surface area contributed by atoms with E-state index in [9.17, 15) is 9.59 Å². The minimum Gasteiger partial charge on any atom is -0.490 e. The smallest absolute Gasteiger partial charge is 0.249 e. The molecule has 9 heteroatoms. The summed E-state index contributed by atoms with van der Waals surface area (Å²) in [5, 5.41) is 9.49. The second kappa shape index (κ2) is 12.9. The number of hydrogen-bond donors (Lipinski definition) is 2. The van der Waals surface area contributed by atoms with Gasteiger partial charge in [-0.15, -0.1) is 0 Å². The first-order valence-electron chi connectivity index (χ1n) is 11.9. The van der Waals surface area contributed by atoms with E-state index in [2.05, 4.69) is 34.0 Å². The van der Waals surface area contributed by atoms with Crippen molar-refractivity contribution in [2.24, 2.45) is 5.10 Å². The quantitative estimate of drug-likeness (QED) is 0.132. The molecule has 38 heavy (non-hydrogen) atoms. The number of nitrogens with zero attached hydrogens (tertiary/aromatic N) is 1. The lowest BCUT2D eigenvalue weighted by molar-refractivity contribution is -0.126. The molecule has 0 aliphatic carbocycles. The Bertz CT molecular complexity index is 1480. The van der Waals surface area contributed by atoms with Crippen molar-refractivity contribution in [3.63, 3.8) is 0 Å². The molecule has 4 rings (SSSR count). The highest BCUT2D eigenvalue weighted by Gasteiger charge is 2.11. The fraction of sp³-hybridized carbons (Fsp3) is 0.138. The van der Waals surface area contributed by atoms with E-state index in [-0.39, 0.29) is 0 Å². The Morgan fingerprint density at radius 3 is 2.50 bits per heavy atom. The van der Waals surface area contributed by atoms with Crippen molar-refractivity contribution < 1.29 is 19.1 Å². The second-order valence-corrected chi connectivity index (χ2v) is 9.03. The van der Waals surface area contributed by atoms with Crippen LogP contribution in [0, 0.1) is 0 Å². The molecule has 0 radical (unpaired) electrons. The summed E-state index contributed by atoms with van der Waals surface area (Å²) >= 11 is 11.8. The van der Waals surface area contributed by atoms with Crippen molar-refractivity contribution in [3.05, 3.63) is 100 Å². The van der Waals surface area contributed by atoms with Crippen LogP contribution >= 0.6 is 23.2 Å². The first kappa shape index (κ1) is 27.0. The van der Waals surface area contributed by atoms with Crippen LogP contribution in [0.15, 0.2) is 84.0 Å². The maximum Gasteiger partial charge on any atom is 0.249 e. The van der Waals surface area contributed by atoms with E-state index in [1.54, 1.807) is 30.3 Å². The van der Waals surface area contributed by atoms with Crippen molar-refractivity contribution in [2.75, 3.05) is 11.9 Å². The number of nitrogens with one attached hydrogen (secondary N) is 2. The van der Waals surface area contributed by atoms with E-state index in [0.717, 1.165) is 16.3 Å². The fourth-order valence-corrected chi connectivity index (χ4v) is 4.01. The minimum atomic E-state index is -0.570. The molecular weight excluding hydrogens is 525 g/mol. The lowest BCUT2D eigenvalue weighted by Crippen LogP contribution is -2.24. The summed E-state index contributed by atoms with van der Waals surface area (Å²) < 4.78 is 11.9. The lowest BCUT2D eigenvalue weighted by atomic mass is 10.1. The maximum atomic E-state index is 12.1. The van der Waals surface area contributed by atoms with Gasteiger partial charge in [0.25, 0.3) is 0 Å². The summed E-state index contributed by atoms with van der Waals surface area (Å²) in [6, 6.07) is 24.3. The van der Waals surface area contributed by atoms with Gasteiger partial charge in [-0.05, 0) is 65.2 Å². The van der Waals surface area contributed by atoms with E-state index in [1.165, 1.54) is 12.3 Å². The summed E-state index contributed by atoms with van der Waals surface area (Å²) in [4.78, 5) is 24.2. The molecule has 0 saturated heterocycles. The maximum absolute atomic E-state index is 12.1. The molecule has 0 fully saturated rings. The largest absolute Gasteiger partial charge is 0.490 e. The first-order valence-corrected chi connectivity index (χ1v) is 12.6. The first-order chi connectivity index (χ1) is 18.4. The molecule has 0 unspecified atom stereocenters. The highest BCUT2D eigenvalue weighted by atomic mass is 35.5. The number of rotatable bonds is 10. The van der Waals surface area contributed by atoms with Crippen LogP contribution in [0.3, 0.4) is 0 Å². The van der Waals surface area contributed by atoms with Crippen molar-refractivity contribution >= 4 is 57.7 Å². The van der Waals surface area contributed by atoms with Crippen LogP contribution in [-0.4, -0.2) is 24.6 Å². The van der Waals surface area contributed by atoms with Crippen molar-refractivity contribution in [3.8, 4) is 11.5 Å². The number of amides is 2. The van der Waals surface area contributed by atoms with Crippen molar-refractivity contribution in [1.82, 2.24) is 5.43 Å². The molecule has 0 saturated carbocycles. The van der Waals surface area contributed by atoms with Crippen LogP contribution in [0.4, 0.5) is 5.69 Å². The average Bonchev–Trinajstić information content (AvgIpc) is 2.90. The second-order valence-electron chi connectivity index (χ2n) is 8.21. The zero-order chi connectivity index (χ0) is 26.9. The summed E-state index contributed by atoms with van der Waals surface area (Å²) in [6.07, 6.45) is 1.05. The molecule has 2 N–H and O–H groups in total. The molecule has 0 aromatic heterocycles. The third-order valence-electron chi connectivity index (χ3n) is 5.46. The fourth-order valence-electron chi connectivity index (χ4n) is 3.71. The van der Waals surface area contributed by atoms with Crippen LogP contribution in [-0.2, 0) is 16.2 Å². The number of ether oxygens (including phenoxy) is 2. The molecular formula is C29H25Cl2N3O4. The summed E-state index contributed by atoms with van der Waals surface area (Å²) in [6.45, 7) is 2.73. The van der Waals surface area contributed by atoms with Gasteiger partial charge in [0.05, 0.1) is 22.9 Å². The van der Waals surface area contributed by atoms with Gasteiger partial charge in [-0.3, -0.25) is 9.59 Å². The molecule has 0 aliphatic rings. The normalized spacial score (nSPS) is 10.9. The van der Waals surface area contributed by atoms with E-state index < -0.39 is 18.2 Å². The van der Waals surface area contributed by atoms with Gasteiger partial charge in [0.2, 0.25) is 11.8 Å². The van der Waals surface area contributed by atoms with Crippen LogP contribution in [0.2, 0.25) is 10.0 Å². The Hall–Kier alpha value is -4.07. The standard InChI is InChI=1S/C29H25Cl2N3O4/c1-2-37-27-14-19(10-13-26(27)38-18-21-8-5-7-20-6-3-4-9-23(20)21)17-32-34-29(36)16-28(35)33-22-11-12-24(30)25(31)15-22/h3-15,17H,2,16,18H2,1H3,(H,33,35)(H,34,36). The predicted molar refractivity (Wildman–Crippen MR) is 151 cm³/mol. The van der Waals surface area contributed by atoms with Gasteiger partial charge < -0.3 is 14.8 Å². The number of hydrazone groups is 1. The van der Waals surface area contributed by atoms with E-state index in [0.29, 0.717) is 46.0 Å². The van der Waals surface area contributed by atoms with E-state index in [4.69, 9.17) is 32.7 Å². The minimum absolute atomic E-state index is 0.301. The Morgan fingerprint density at radius 1 is 0.868 bits per heavy atom. The van der Waals surface area contributed by atoms with E-state index >= 15 is 0 Å². The molecule has 194 valence electrons. The van der Waals surface area contributed by atoms with Gasteiger partial charge in [0, 0.05) is 5.69 Å². The third kappa shape index (κ3) is 7.25. The molecule has 0 aliphatic heterocycles. The van der Waals surface area contributed by atoms with Crippen LogP contribution in [0.5, 0.6) is 11.5 Å². The monoisotopic (exact) mass is 549 g/mol. The van der Waals surface area contributed by atoms with Crippen LogP contribution in [0.1, 0.15) is 24.5 Å². The Labute approximate surface area is 230 Å². The molecule has 4 aromatic carbocycles. The van der Waals surface area contributed by atoms with Gasteiger partial charge in [-0.1, -0.05) is 65.7 Å². The van der Waals surface area contributed by atoms with E-state index in [1.807, 2.05) is 31.2 Å². The zero-order valence-electron chi connectivity index (χ0n) is 20.5. The highest BCUT2D eigenvalue weighted by molar-refractivity contribution is 6.42. The number of anilines is 1. The Morgan fingerprint density at radius 2 is 1.68 bits per heavy atom. The number of carbonyl (C=O) groups excluding carboxylic acids is 2. The van der Waals surface area contributed by atoms with Gasteiger partial charge in [-0.25, -0.2) is 5.43 Å². The molecule has 0 bridgehead atoms. The van der Waals surface area contributed by atoms with Crippen molar-refractivity contribution in [1.29, 1.82) is 0 Å². The van der Waals surface area contributed by atoms with Gasteiger partial charge in [0.15, 0.2) is 11.5 Å². The summed E-state index contributed by atoms with van der Waals surface area (Å²) in [5.74, 6) is 0.0743. The molecule has 0 spiro atoms. The zero-order valence-corrected chi connectivity index (χ0v) is 22.1. The van der Waals surface area contributed by atoms with Gasteiger partial charge >= 0.3 is 0 Å². The van der Waals surface area contributed by atoms with Crippen LogP contribution < -0.4 is 20.2 Å². The molecule has 4 aromatic rings. The third-order valence-corrected chi connectivity index (χ3v) is 6.20. The molecule has 0 heterocycles. The van der Waals surface area contributed by atoms with Crippen molar-refractivity contribution in [2.45, 2.75) is 20.0 Å². The highest BCUT2D eigenvalue weighted by Crippen LogP contribution is 2.30. The van der Waals surface area contributed by atoms with Gasteiger partial charge in [-0.2, -0.15) is 5.10 Å².